The number of rotatable bonds is 3. The van der Waals surface area contributed by atoms with Gasteiger partial charge in [0.15, 0.2) is 0 Å². The van der Waals surface area contributed by atoms with Crippen LogP contribution >= 0.6 is 24.8 Å². The molecule has 1 aromatic heterocycles. The Bertz CT molecular complexity index is 320. The summed E-state index contributed by atoms with van der Waals surface area (Å²) in [6, 6.07) is 3.79. The van der Waals surface area contributed by atoms with Crippen molar-refractivity contribution in [2.24, 2.45) is 5.73 Å². The number of halogens is 2. The number of pyridine rings is 1. The van der Waals surface area contributed by atoms with Crippen molar-refractivity contribution in [3.8, 4) is 5.75 Å². The fourth-order valence-electron chi connectivity index (χ4n) is 1.66. The summed E-state index contributed by atoms with van der Waals surface area (Å²) in [7, 11) is 0. The van der Waals surface area contributed by atoms with Crippen LogP contribution in [0.4, 0.5) is 0 Å². The van der Waals surface area contributed by atoms with Crippen LogP contribution in [0.1, 0.15) is 18.5 Å². The lowest BCUT2D eigenvalue weighted by Crippen LogP contribution is -2.26. The average Bonchev–Trinajstić information content (AvgIpc) is 2.31. The van der Waals surface area contributed by atoms with Crippen molar-refractivity contribution in [2.75, 3.05) is 13.2 Å². The quantitative estimate of drug-likeness (QED) is 0.920. The summed E-state index contributed by atoms with van der Waals surface area (Å²) in [4.78, 5) is 4.18. The topological polar surface area (TPSA) is 57.4 Å². The zero-order valence-electron chi connectivity index (χ0n) is 9.50. The number of nitrogens with zero attached hydrogens (tertiary/aromatic N) is 1. The molecule has 0 radical (unpaired) electrons. The van der Waals surface area contributed by atoms with Gasteiger partial charge in [0.1, 0.15) is 11.9 Å². The number of nitrogens with two attached hydrogens (primary N) is 1. The van der Waals surface area contributed by atoms with E-state index in [9.17, 15) is 0 Å². The molecule has 0 bridgehead atoms. The SMILES string of the molecule is Cl.Cl.NCc1ncccc1OC1CCOCC1. The van der Waals surface area contributed by atoms with E-state index in [-0.39, 0.29) is 30.9 Å². The van der Waals surface area contributed by atoms with E-state index in [0.29, 0.717) is 6.54 Å². The fraction of sp³-hybridized carbons (Fsp3) is 0.545. The van der Waals surface area contributed by atoms with Crippen molar-refractivity contribution in [3.63, 3.8) is 0 Å². The summed E-state index contributed by atoms with van der Waals surface area (Å²) in [6.45, 7) is 1.98. The van der Waals surface area contributed by atoms with Gasteiger partial charge in [-0.05, 0) is 12.1 Å². The predicted molar refractivity (Wildman–Crippen MR) is 71.1 cm³/mol. The van der Waals surface area contributed by atoms with Crippen LogP contribution in [-0.4, -0.2) is 24.3 Å². The Kier molecular flexibility index (Phi) is 8.25. The summed E-state index contributed by atoms with van der Waals surface area (Å²) < 4.78 is 11.1. The molecule has 0 amide bonds. The molecule has 2 rings (SSSR count). The molecule has 98 valence electrons. The van der Waals surface area contributed by atoms with Gasteiger partial charge in [-0.2, -0.15) is 0 Å². The van der Waals surface area contributed by atoms with Gasteiger partial charge >= 0.3 is 0 Å². The second-order valence-electron chi connectivity index (χ2n) is 3.58. The van der Waals surface area contributed by atoms with Gasteiger partial charge in [0.05, 0.1) is 18.9 Å². The zero-order valence-corrected chi connectivity index (χ0v) is 11.1. The summed E-state index contributed by atoms with van der Waals surface area (Å²) in [5, 5.41) is 0. The van der Waals surface area contributed by atoms with Crippen LogP contribution in [0.3, 0.4) is 0 Å². The molecule has 0 spiro atoms. The van der Waals surface area contributed by atoms with E-state index >= 15 is 0 Å². The lowest BCUT2D eigenvalue weighted by atomic mass is 10.1. The Morgan fingerprint density at radius 1 is 1.35 bits per heavy atom. The van der Waals surface area contributed by atoms with E-state index < -0.39 is 0 Å². The molecule has 17 heavy (non-hydrogen) atoms. The second-order valence-corrected chi connectivity index (χ2v) is 3.58. The number of hydrogen-bond donors (Lipinski definition) is 1. The van der Waals surface area contributed by atoms with Crippen LogP contribution in [0.5, 0.6) is 5.75 Å². The highest BCUT2D eigenvalue weighted by atomic mass is 35.5. The zero-order chi connectivity index (χ0) is 10.5. The first kappa shape index (κ1) is 16.4. The Balaban J connectivity index is 0.00000128. The third-order valence-corrected chi connectivity index (χ3v) is 2.50. The molecular formula is C11H18Cl2N2O2. The van der Waals surface area contributed by atoms with Crippen LogP contribution in [0.25, 0.3) is 0 Å². The smallest absolute Gasteiger partial charge is 0.142 e. The van der Waals surface area contributed by atoms with E-state index in [4.69, 9.17) is 15.2 Å². The first-order valence-electron chi connectivity index (χ1n) is 5.28. The molecule has 4 nitrogen and oxygen atoms in total. The lowest BCUT2D eigenvalue weighted by Gasteiger charge is -2.24. The van der Waals surface area contributed by atoms with E-state index in [0.717, 1.165) is 37.5 Å². The van der Waals surface area contributed by atoms with Gasteiger partial charge in [-0.25, -0.2) is 0 Å². The van der Waals surface area contributed by atoms with Crippen molar-refractivity contribution in [1.82, 2.24) is 4.98 Å². The van der Waals surface area contributed by atoms with Gasteiger partial charge in [-0.15, -0.1) is 24.8 Å². The molecule has 1 aromatic rings. The lowest BCUT2D eigenvalue weighted by molar-refractivity contribution is 0.0250. The Hall–Kier alpha value is -0.550. The maximum Gasteiger partial charge on any atom is 0.142 e. The average molecular weight is 281 g/mol. The van der Waals surface area contributed by atoms with Gasteiger partial charge < -0.3 is 15.2 Å². The van der Waals surface area contributed by atoms with Gasteiger partial charge in [0.25, 0.3) is 0 Å². The molecule has 1 aliphatic rings. The number of ether oxygens (including phenoxy) is 2. The highest BCUT2D eigenvalue weighted by molar-refractivity contribution is 5.85. The second kappa shape index (κ2) is 8.53. The van der Waals surface area contributed by atoms with Crippen molar-refractivity contribution in [1.29, 1.82) is 0 Å². The minimum absolute atomic E-state index is 0. The minimum atomic E-state index is 0. The highest BCUT2D eigenvalue weighted by Crippen LogP contribution is 2.20. The fourth-order valence-corrected chi connectivity index (χ4v) is 1.66. The Morgan fingerprint density at radius 2 is 2.06 bits per heavy atom. The third-order valence-electron chi connectivity index (χ3n) is 2.50. The maximum atomic E-state index is 5.85. The third kappa shape index (κ3) is 4.68. The molecule has 0 atom stereocenters. The number of hydrogen-bond acceptors (Lipinski definition) is 4. The first-order valence-corrected chi connectivity index (χ1v) is 5.28. The molecule has 2 heterocycles. The van der Waals surface area contributed by atoms with E-state index in [1.165, 1.54) is 0 Å². The van der Waals surface area contributed by atoms with Gasteiger partial charge in [-0.3, -0.25) is 4.98 Å². The van der Waals surface area contributed by atoms with E-state index in [2.05, 4.69) is 4.98 Å². The van der Waals surface area contributed by atoms with Crippen LogP contribution in [0.2, 0.25) is 0 Å². The van der Waals surface area contributed by atoms with Crippen LogP contribution < -0.4 is 10.5 Å². The largest absolute Gasteiger partial charge is 0.488 e. The van der Waals surface area contributed by atoms with Crippen molar-refractivity contribution < 1.29 is 9.47 Å². The molecule has 0 unspecified atom stereocenters. The van der Waals surface area contributed by atoms with Gasteiger partial charge in [0.2, 0.25) is 0 Å². The van der Waals surface area contributed by atoms with E-state index in [1.54, 1.807) is 6.20 Å². The standard InChI is InChI=1S/C11H16N2O2.2ClH/c12-8-10-11(2-1-5-13-10)15-9-3-6-14-7-4-9;;/h1-2,5,9H,3-4,6-8,12H2;2*1H. The van der Waals surface area contributed by atoms with Crippen molar-refractivity contribution in [3.05, 3.63) is 24.0 Å². The molecule has 0 saturated carbocycles. The van der Waals surface area contributed by atoms with Crippen LogP contribution in [-0.2, 0) is 11.3 Å². The summed E-state index contributed by atoms with van der Waals surface area (Å²) in [6.07, 6.45) is 3.87. The van der Waals surface area contributed by atoms with Crippen LogP contribution in [0.15, 0.2) is 18.3 Å². The molecular weight excluding hydrogens is 263 g/mol. The van der Waals surface area contributed by atoms with Gasteiger partial charge in [-0.1, -0.05) is 0 Å². The van der Waals surface area contributed by atoms with Crippen molar-refractivity contribution in [2.45, 2.75) is 25.5 Å². The molecule has 2 N–H and O–H groups in total. The van der Waals surface area contributed by atoms with Gasteiger partial charge in [0, 0.05) is 25.6 Å². The Labute approximate surface area is 114 Å². The maximum absolute atomic E-state index is 5.85. The van der Waals surface area contributed by atoms with E-state index in [1.807, 2.05) is 12.1 Å². The predicted octanol–water partition coefficient (Wildman–Crippen LogP) is 1.94. The van der Waals surface area contributed by atoms with Crippen LogP contribution in [0, 0.1) is 0 Å². The summed E-state index contributed by atoms with van der Waals surface area (Å²) in [5.74, 6) is 0.812. The molecule has 0 aliphatic carbocycles. The summed E-state index contributed by atoms with van der Waals surface area (Å²) in [5.41, 5.74) is 6.41. The van der Waals surface area contributed by atoms with Crippen molar-refractivity contribution >= 4 is 24.8 Å². The minimum Gasteiger partial charge on any atom is -0.488 e. The molecule has 1 saturated heterocycles. The molecule has 0 aromatic carbocycles. The number of aromatic nitrogens is 1. The molecule has 1 aliphatic heterocycles. The highest BCUT2D eigenvalue weighted by Gasteiger charge is 2.16. The first-order chi connectivity index (χ1) is 7.40. The Morgan fingerprint density at radius 3 is 2.71 bits per heavy atom. The normalized spacial score (nSPS) is 15.6. The molecule has 1 fully saturated rings. The molecule has 6 heteroatoms. The monoisotopic (exact) mass is 280 g/mol. The summed E-state index contributed by atoms with van der Waals surface area (Å²) >= 11 is 0.